The van der Waals surface area contributed by atoms with Crippen LogP contribution in [0.5, 0.6) is 0 Å². The normalized spacial score (nSPS) is 14.8. The van der Waals surface area contributed by atoms with Crippen molar-refractivity contribution in [2.75, 3.05) is 6.54 Å². The Morgan fingerprint density at radius 2 is 2.40 bits per heavy atom. The molecule has 84 valence electrons. The van der Waals surface area contributed by atoms with Crippen molar-refractivity contribution in [3.63, 3.8) is 0 Å². The largest absolute Gasteiger partial charge is 0.480 e. The Morgan fingerprint density at radius 1 is 1.67 bits per heavy atom. The van der Waals surface area contributed by atoms with Crippen molar-refractivity contribution in [3.8, 4) is 0 Å². The number of carboxylic acid groups (broad SMARTS) is 1. The SMILES string of the molecule is CCCNC(C(=O)O)C(C)n1cncn1. The highest BCUT2D eigenvalue weighted by molar-refractivity contribution is 5.74. The van der Waals surface area contributed by atoms with E-state index in [4.69, 9.17) is 5.11 Å². The number of nitrogens with zero attached hydrogens (tertiary/aromatic N) is 3. The molecule has 0 aromatic carbocycles. The lowest BCUT2D eigenvalue weighted by Gasteiger charge is -2.20. The van der Waals surface area contributed by atoms with E-state index in [0.717, 1.165) is 6.42 Å². The van der Waals surface area contributed by atoms with Crippen molar-refractivity contribution in [2.45, 2.75) is 32.4 Å². The van der Waals surface area contributed by atoms with Crippen LogP contribution in [0.3, 0.4) is 0 Å². The molecule has 0 aliphatic carbocycles. The Morgan fingerprint density at radius 3 is 2.87 bits per heavy atom. The van der Waals surface area contributed by atoms with Gasteiger partial charge in [0, 0.05) is 0 Å². The van der Waals surface area contributed by atoms with E-state index in [1.165, 1.54) is 12.7 Å². The number of nitrogens with one attached hydrogen (secondary N) is 1. The van der Waals surface area contributed by atoms with Gasteiger partial charge in [-0.2, -0.15) is 5.10 Å². The third-order valence-corrected chi connectivity index (χ3v) is 2.22. The summed E-state index contributed by atoms with van der Waals surface area (Å²) in [4.78, 5) is 14.8. The summed E-state index contributed by atoms with van der Waals surface area (Å²) in [5.74, 6) is -0.869. The molecular weight excluding hydrogens is 196 g/mol. The number of rotatable bonds is 6. The summed E-state index contributed by atoms with van der Waals surface area (Å²) in [6.45, 7) is 4.47. The van der Waals surface area contributed by atoms with Crippen molar-refractivity contribution in [2.24, 2.45) is 0 Å². The summed E-state index contributed by atoms with van der Waals surface area (Å²) < 4.78 is 1.54. The van der Waals surface area contributed by atoms with Gasteiger partial charge in [0.05, 0.1) is 6.04 Å². The number of carbonyl (C=O) groups is 1. The smallest absolute Gasteiger partial charge is 0.322 e. The van der Waals surface area contributed by atoms with E-state index in [1.807, 2.05) is 6.92 Å². The zero-order valence-corrected chi connectivity index (χ0v) is 8.92. The second-order valence-electron chi connectivity index (χ2n) is 3.39. The fourth-order valence-corrected chi connectivity index (χ4v) is 1.34. The van der Waals surface area contributed by atoms with Crippen LogP contribution < -0.4 is 5.32 Å². The summed E-state index contributed by atoms with van der Waals surface area (Å²) >= 11 is 0. The summed E-state index contributed by atoms with van der Waals surface area (Å²) in [5.41, 5.74) is 0. The highest BCUT2D eigenvalue weighted by Gasteiger charge is 2.25. The molecule has 2 unspecified atom stereocenters. The Hall–Kier alpha value is -1.43. The van der Waals surface area contributed by atoms with Crippen molar-refractivity contribution >= 4 is 5.97 Å². The third kappa shape index (κ3) is 3.02. The standard InChI is InChI=1S/C9H16N4O2/c1-3-4-11-8(9(14)15)7(2)13-6-10-5-12-13/h5-8,11H,3-4H2,1-2H3,(H,14,15). The van der Waals surface area contributed by atoms with Crippen LogP contribution in [0.25, 0.3) is 0 Å². The number of hydrogen-bond donors (Lipinski definition) is 2. The van der Waals surface area contributed by atoms with Crippen LogP contribution in [0.4, 0.5) is 0 Å². The van der Waals surface area contributed by atoms with Gasteiger partial charge in [0.15, 0.2) is 0 Å². The Kier molecular flexibility index (Phi) is 4.23. The molecule has 2 N–H and O–H groups in total. The van der Waals surface area contributed by atoms with Crippen LogP contribution in [0.1, 0.15) is 26.3 Å². The van der Waals surface area contributed by atoms with Crippen LogP contribution in [-0.4, -0.2) is 38.4 Å². The van der Waals surface area contributed by atoms with Gasteiger partial charge in [-0.1, -0.05) is 6.92 Å². The lowest BCUT2D eigenvalue weighted by atomic mass is 10.1. The maximum Gasteiger partial charge on any atom is 0.322 e. The zero-order chi connectivity index (χ0) is 11.3. The first kappa shape index (κ1) is 11.6. The molecule has 0 saturated carbocycles. The molecule has 0 saturated heterocycles. The number of carboxylic acids is 1. The van der Waals surface area contributed by atoms with Gasteiger partial charge in [0.25, 0.3) is 0 Å². The van der Waals surface area contributed by atoms with Gasteiger partial charge in [0.2, 0.25) is 0 Å². The predicted octanol–water partition coefficient (Wildman–Crippen LogP) is 0.292. The highest BCUT2D eigenvalue weighted by atomic mass is 16.4. The molecule has 0 spiro atoms. The van der Waals surface area contributed by atoms with Crippen LogP contribution in [0.2, 0.25) is 0 Å². The maximum atomic E-state index is 11.0. The minimum atomic E-state index is -0.869. The minimum Gasteiger partial charge on any atom is -0.480 e. The minimum absolute atomic E-state index is 0.253. The molecule has 1 aromatic rings. The monoisotopic (exact) mass is 212 g/mol. The molecule has 0 aliphatic heterocycles. The summed E-state index contributed by atoms with van der Waals surface area (Å²) in [5, 5.41) is 15.9. The molecule has 15 heavy (non-hydrogen) atoms. The third-order valence-electron chi connectivity index (χ3n) is 2.22. The molecule has 1 rings (SSSR count). The molecule has 0 aliphatic rings. The summed E-state index contributed by atoms with van der Waals surface area (Å²) in [6, 6.07) is -0.886. The summed E-state index contributed by atoms with van der Waals surface area (Å²) in [7, 11) is 0. The molecule has 0 radical (unpaired) electrons. The quantitative estimate of drug-likeness (QED) is 0.708. The van der Waals surface area contributed by atoms with Crippen molar-refractivity contribution in [1.82, 2.24) is 20.1 Å². The second kappa shape index (κ2) is 5.45. The maximum absolute atomic E-state index is 11.0. The first-order valence-electron chi connectivity index (χ1n) is 4.97. The van der Waals surface area contributed by atoms with Gasteiger partial charge in [-0.25, -0.2) is 9.67 Å². The first-order valence-corrected chi connectivity index (χ1v) is 4.97. The fourth-order valence-electron chi connectivity index (χ4n) is 1.34. The number of aromatic nitrogens is 3. The van der Waals surface area contributed by atoms with Gasteiger partial charge in [0.1, 0.15) is 18.7 Å². The van der Waals surface area contributed by atoms with E-state index in [1.54, 1.807) is 11.6 Å². The van der Waals surface area contributed by atoms with Crippen molar-refractivity contribution < 1.29 is 9.90 Å². The highest BCUT2D eigenvalue weighted by Crippen LogP contribution is 2.08. The lowest BCUT2D eigenvalue weighted by Crippen LogP contribution is -2.43. The van der Waals surface area contributed by atoms with E-state index in [9.17, 15) is 4.79 Å². The molecule has 6 heteroatoms. The topological polar surface area (TPSA) is 80.0 Å². The number of hydrogen-bond acceptors (Lipinski definition) is 4. The predicted molar refractivity (Wildman–Crippen MR) is 54.5 cm³/mol. The zero-order valence-electron chi connectivity index (χ0n) is 8.92. The van der Waals surface area contributed by atoms with Crippen molar-refractivity contribution in [3.05, 3.63) is 12.7 Å². The van der Waals surface area contributed by atoms with Gasteiger partial charge in [-0.05, 0) is 19.9 Å². The average molecular weight is 212 g/mol. The first-order chi connectivity index (χ1) is 7.16. The molecule has 2 atom stereocenters. The van der Waals surface area contributed by atoms with Crippen LogP contribution in [-0.2, 0) is 4.79 Å². The molecule has 0 bridgehead atoms. The molecular formula is C9H16N4O2. The van der Waals surface area contributed by atoms with Gasteiger partial charge < -0.3 is 10.4 Å². The van der Waals surface area contributed by atoms with E-state index in [0.29, 0.717) is 6.54 Å². The Balaban J connectivity index is 2.67. The van der Waals surface area contributed by atoms with Gasteiger partial charge in [-0.15, -0.1) is 0 Å². The summed E-state index contributed by atoms with van der Waals surface area (Å²) in [6.07, 6.45) is 3.82. The van der Waals surface area contributed by atoms with Crippen LogP contribution in [0, 0.1) is 0 Å². The van der Waals surface area contributed by atoms with Gasteiger partial charge >= 0.3 is 5.97 Å². The van der Waals surface area contributed by atoms with E-state index in [2.05, 4.69) is 15.4 Å². The second-order valence-corrected chi connectivity index (χ2v) is 3.39. The molecule has 0 fully saturated rings. The lowest BCUT2D eigenvalue weighted by molar-refractivity contribution is -0.140. The van der Waals surface area contributed by atoms with E-state index >= 15 is 0 Å². The van der Waals surface area contributed by atoms with Gasteiger partial charge in [-0.3, -0.25) is 4.79 Å². The fraction of sp³-hybridized carbons (Fsp3) is 0.667. The molecule has 6 nitrogen and oxygen atoms in total. The number of aliphatic carboxylic acids is 1. The Bertz CT molecular complexity index is 299. The molecule has 0 amide bonds. The molecule has 1 aromatic heterocycles. The van der Waals surface area contributed by atoms with E-state index < -0.39 is 12.0 Å². The van der Waals surface area contributed by atoms with Crippen LogP contribution >= 0.6 is 0 Å². The Labute approximate surface area is 88.3 Å². The van der Waals surface area contributed by atoms with Crippen LogP contribution in [0.15, 0.2) is 12.7 Å². The van der Waals surface area contributed by atoms with Crippen molar-refractivity contribution in [1.29, 1.82) is 0 Å². The average Bonchev–Trinajstić information content (AvgIpc) is 2.70. The van der Waals surface area contributed by atoms with E-state index in [-0.39, 0.29) is 6.04 Å². The molecule has 1 heterocycles.